The molecule has 0 rings (SSSR count). The van der Waals surface area contributed by atoms with Crippen LogP contribution in [0.1, 0.15) is 41.0 Å². The van der Waals surface area contributed by atoms with Gasteiger partial charge in [0.1, 0.15) is 0 Å². The highest BCUT2D eigenvalue weighted by Crippen LogP contribution is 2.22. The van der Waals surface area contributed by atoms with E-state index in [4.69, 9.17) is 9.88 Å². The van der Waals surface area contributed by atoms with E-state index in [1.165, 1.54) is 0 Å². The van der Waals surface area contributed by atoms with Crippen LogP contribution in [-0.2, 0) is 14.8 Å². The molecule has 15 heavy (non-hydrogen) atoms. The molecule has 0 spiro atoms. The quantitative estimate of drug-likeness (QED) is 0.761. The number of ether oxygens (including phenoxy) is 1. The molecule has 4 nitrogen and oxygen atoms in total. The van der Waals surface area contributed by atoms with E-state index in [1.54, 1.807) is 0 Å². The second kappa shape index (κ2) is 4.80. The first-order valence-corrected chi connectivity index (χ1v) is 6.83. The topological polar surface area (TPSA) is 69.4 Å². The zero-order valence-corrected chi connectivity index (χ0v) is 11.1. The smallest absolute Gasteiger partial charge is 0.209 e. The van der Waals surface area contributed by atoms with Crippen LogP contribution in [0.15, 0.2) is 0 Å². The van der Waals surface area contributed by atoms with Crippen LogP contribution in [0, 0.1) is 5.41 Å². The first-order chi connectivity index (χ1) is 6.47. The average molecular weight is 237 g/mol. The third-order valence-electron chi connectivity index (χ3n) is 2.30. The summed E-state index contributed by atoms with van der Waals surface area (Å²) in [5, 5.41) is 5.01. The molecule has 0 aromatic rings. The number of sulfonamides is 1. The largest absolute Gasteiger partial charge is 0.375 e. The molecule has 0 aromatic heterocycles. The van der Waals surface area contributed by atoms with E-state index in [0.717, 1.165) is 6.42 Å². The van der Waals surface area contributed by atoms with Gasteiger partial charge >= 0.3 is 0 Å². The molecule has 0 saturated heterocycles. The maximum Gasteiger partial charge on any atom is 0.209 e. The third kappa shape index (κ3) is 7.76. The van der Waals surface area contributed by atoms with Crippen LogP contribution >= 0.6 is 0 Å². The van der Waals surface area contributed by atoms with Crippen LogP contribution in [0.4, 0.5) is 0 Å². The number of rotatable bonds is 6. The third-order valence-corrected chi connectivity index (χ3v) is 3.48. The van der Waals surface area contributed by atoms with Crippen molar-refractivity contribution in [2.45, 2.75) is 46.6 Å². The van der Waals surface area contributed by atoms with Crippen molar-refractivity contribution in [2.75, 3.05) is 12.4 Å². The van der Waals surface area contributed by atoms with Gasteiger partial charge in [-0.15, -0.1) is 0 Å². The fraction of sp³-hybridized carbons (Fsp3) is 1.00. The highest BCUT2D eigenvalue weighted by Gasteiger charge is 2.27. The van der Waals surface area contributed by atoms with Gasteiger partial charge in [-0.3, -0.25) is 0 Å². The summed E-state index contributed by atoms with van der Waals surface area (Å²) in [6.07, 6.45) is 0.887. The molecule has 0 saturated carbocycles. The fourth-order valence-corrected chi connectivity index (χ4v) is 2.25. The van der Waals surface area contributed by atoms with Crippen LogP contribution < -0.4 is 5.14 Å². The highest BCUT2D eigenvalue weighted by molar-refractivity contribution is 7.89. The Morgan fingerprint density at radius 3 is 2.00 bits per heavy atom. The molecule has 0 amide bonds. The van der Waals surface area contributed by atoms with Crippen molar-refractivity contribution in [3.63, 3.8) is 0 Å². The lowest BCUT2D eigenvalue weighted by atomic mass is 9.97. The Morgan fingerprint density at radius 1 is 1.20 bits per heavy atom. The van der Waals surface area contributed by atoms with E-state index in [0.29, 0.717) is 6.61 Å². The predicted octanol–water partition coefficient (Wildman–Crippen LogP) is 1.51. The van der Waals surface area contributed by atoms with Gasteiger partial charge in [0.25, 0.3) is 0 Å². The molecule has 92 valence electrons. The second-order valence-electron chi connectivity index (χ2n) is 5.37. The first kappa shape index (κ1) is 14.9. The van der Waals surface area contributed by atoms with Crippen LogP contribution in [-0.4, -0.2) is 26.4 Å². The van der Waals surface area contributed by atoms with Gasteiger partial charge in [-0.05, 0) is 20.3 Å². The van der Waals surface area contributed by atoms with Crippen LogP contribution in [0.3, 0.4) is 0 Å². The van der Waals surface area contributed by atoms with Crippen molar-refractivity contribution in [3.05, 3.63) is 0 Å². The molecule has 0 atom stereocenters. The standard InChI is InChI=1S/C10H23NO3S/c1-6-10(4,5)14-7-9(2,3)8-15(11,12)13/h6-8H2,1-5H3,(H2,11,12,13). The SMILES string of the molecule is CCC(C)(C)OCC(C)(C)CS(N)(=O)=O. The van der Waals surface area contributed by atoms with Gasteiger partial charge < -0.3 is 4.74 Å². The van der Waals surface area contributed by atoms with Gasteiger partial charge in [-0.2, -0.15) is 0 Å². The summed E-state index contributed by atoms with van der Waals surface area (Å²) in [5.74, 6) is -0.0558. The van der Waals surface area contributed by atoms with E-state index < -0.39 is 15.4 Å². The minimum absolute atomic E-state index is 0.0558. The van der Waals surface area contributed by atoms with E-state index >= 15 is 0 Å². The summed E-state index contributed by atoms with van der Waals surface area (Å²) < 4.78 is 27.6. The lowest BCUT2D eigenvalue weighted by molar-refractivity contribution is -0.0516. The van der Waals surface area contributed by atoms with E-state index in [9.17, 15) is 8.42 Å². The number of hydrogen-bond donors (Lipinski definition) is 1. The molecule has 0 heterocycles. The number of hydrogen-bond acceptors (Lipinski definition) is 3. The molecular formula is C10H23NO3S. The lowest BCUT2D eigenvalue weighted by Crippen LogP contribution is -2.36. The predicted molar refractivity (Wildman–Crippen MR) is 62.1 cm³/mol. The molecule has 0 aromatic carbocycles. The Morgan fingerprint density at radius 2 is 1.67 bits per heavy atom. The number of primary sulfonamides is 1. The molecule has 0 fully saturated rings. The summed E-state index contributed by atoms with van der Waals surface area (Å²) in [6.45, 7) is 10.1. The fourth-order valence-electron chi connectivity index (χ4n) is 1.08. The van der Waals surface area contributed by atoms with Crippen molar-refractivity contribution < 1.29 is 13.2 Å². The van der Waals surface area contributed by atoms with Crippen LogP contribution in [0.2, 0.25) is 0 Å². The van der Waals surface area contributed by atoms with Crippen molar-refractivity contribution in [2.24, 2.45) is 10.6 Å². The van der Waals surface area contributed by atoms with Crippen molar-refractivity contribution in [1.82, 2.24) is 0 Å². The Kier molecular flexibility index (Phi) is 4.76. The normalized spacial score (nSPS) is 14.3. The molecule has 0 radical (unpaired) electrons. The van der Waals surface area contributed by atoms with Gasteiger partial charge in [0.2, 0.25) is 10.0 Å². The lowest BCUT2D eigenvalue weighted by Gasteiger charge is -2.30. The molecule has 0 aliphatic heterocycles. The molecule has 0 aliphatic rings. The molecule has 2 N–H and O–H groups in total. The summed E-state index contributed by atoms with van der Waals surface area (Å²) in [6, 6.07) is 0. The van der Waals surface area contributed by atoms with E-state index in [-0.39, 0.29) is 11.4 Å². The first-order valence-electron chi connectivity index (χ1n) is 5.12. The van der Waals surface area contributed by atoms with Gasteiger partial charge in [-0.1, -0.05) is 20.8 Å². The minimum atomic E-state index is -3.44. The molecular weight excluding hydrogens is 214 g/mol. The van der Waals surface area contributed by atoms with Gasteiger partial charge in [0, 0.05) is 5.41 Å². The minimum Gasteiger partial charge on any atom is -0.375 e. The summed E-state index contributed by atoms with van der Waals surface area (Å²) >= 11 is 0. The summed E-state index contributed by atoms with van der Waals surface area (Å²) in [7, 11) is -3.44. The maximum absolute atomic E-state index is 11.0. The zero-order valence-electron chi connectivity index (χ0n) is 10.3. The van der Waals surface area contributed by atoms with Crippen LogP contribution in [0.5, 0.6) is 0 Å². The Hall–Kier alpha value is -0.130. The van der Waals surface area contributed by atoms with Crippen molar-refractivity contribution >= 4 is 10.0 Å². The Bertz CT molecular complexity index is 294. The van der Waals surface area contributed by atoms with Gasteiger partial charge in [0.15, 0.2) is 0 Å². The maximum atomic E-state index is 11.0. The Balaban J connectivity index is 4.28. The molecule has 0 unspecified atom stereocenters. The summed E-state index contributed by atoms with van der Waals surface area (Å²) in [4.78, 5) is 0. The molecule has 0 bridgehead atoms. The number of nitrogens with two attached hydrogens (primary N) is 1. The monoisotopic (exact) mass is 237 g/mol. The van der Waals surface area contributed by atoms with E-state index in [1.807, 2.05) is 34.6 Å². The highest BCUT2D eigenvalue weighted by atomic mass is 32.2. The van der Waals surface area contributed by atoms with Gasteiger partial charge in [-0.25, -0.2) is 13.6 Å². The van der Waals surface area contributed by atoms with Crippen molar-refractivity contribution in [1.29, 1.82) is 0 Å². The Labute approximate surface area is 93.2 Å². The van der Waals surface area contributed by atoms with E-state index in [2.05, 4.69) is 0 Å². The molecule has 5 heteroatoms. The summed E-state index contributed by atoms with van der Waals surface area (Å²) in [5.41, 5.74) is -0.657. The zero-order chi connectivity index (χ0) is 12.3. The second-order valence-corrected chi connectivity index (χ2v) is 6.99. The van der Waals surface area contributed by atoms with Gasteiger partial charge in [0.05, 0.1) is 18.0 Å². The van der Waals surface area contributed by atoms with Crippen LogP contribution in [0.25, 0.3) is 0 Å². The molecule has 0 aliphatic carbocycles. The average Bonchev–Trinajstić information content (AvgIpc) is 1.97. The van der Waals surface area contributed by atoms with Crippen molar-refractivity contribution in [3.8, 4) is 0 Å².